The number of carbonyl (C=O) groups excluding carboxylic acids is 2. The van der Waals surface area contributed by atoms with E-state index in [1.807, 2.05) is 18.2 Å². The first kappa shape index (κ1) is 21.8. The van der Waals surface area contributed by atoms with Gasteiger partial charge in [0, 0.05) is 14.1 Å². The van der Waals surface area contributed by atoms with Gasteiger partial charge in [0.1, 0.15) is 17.9 Å². The fourth-order valence-electron chi connectivity index (χ4n) is 3.13. The minimum Gasteiger partial charge on any atom is -0.487 e. The number of thiocarbonyl (C=S) groups is 1. The second-order valence-corrected chi connectivity index (χ2v) is 8.93. The molecule has 31 heavy (non-hydrogen) atoms. The van der Waals surface area contributed by atoms with Gasteiger partial charge < -0.3 is 14.2 Å². The van der Waals surface area contributed by atoms with E-state index in [1.54, 1.807) is 26.2 Å². The van der Waals surface area contributed by atoms with E-state index in [4.69, 9.17) is 26.4 Å². The zero-order valence-corrected chi connectivity index (χ0v) is 20.5. The maximum Gasteiger partial charge on any atom is 0.265 e. The van der Waals surface area contributed by atoms with Crippen molar-refractivity contribution in [2.24, 2.45) is 0 Å². The van der Waals surface area contributed by atoms with Crippen LogP contribution in [0.2, 0.25) is 0 Å². The van der Waals surface area contributed by atoms with Crippen molar-refractivity contribution in [3.63, 3.8) is 0 Å². The predicted molar refractivity (Wildman–Crippen MR) is 125 cm³/mol. The van der Waals surface area contributed by atoms with Crippen LogP contribution in [-0.2, 0) is 16.2 Å². The number of likely N-dealkylation sites (N-methyl/N-ethyl adjacent to an activating group) is 2. The van der Waals surface area contributed by atoms with Gasteiger partial charge in [0.15, 0.2) is 16.6 Å². The molecular formula is C21H16Br2N2O5S. The molecule has 1 fully saturated rings. The molecule has 2 aromatic rings. The highest BCUT2D eigenvalue weighted by molar-refractivity contribution is 9.11. The molecule has 160 valence electrons. The van der Waals surface area contributed by atoms with E-state index >= 15 is 0 Å². The Morgan fingerprint density at radius 1 is 1.03 bits per heavy atom. The summed E-state index contributed by atoms with van der Waals surface area (Å²) >= 11 is 12.1. The minimum absolute atomic E-state index is 0.0337. The number of fused-ring (bicyclic) bond motifs is 1. The Hall–Kier alpha value is -2.43. The summed E-state index contributed by atoms with van der Waals surface area (Å²) in [5.74, 6) is 1.12. The monoisotopic (exact) mass is 566 g/mol. The highest BCUT2D eigenvalue weighted by Gasteiger charge is 2.35. The Kier molecular flexibility index (Phi) is 6.05. The van der Waals surface area contributed by atoms with Crippen molar-refractivity contribution in [2.45, 2.75) is 6.61 Å². The normalized spacial score (nSPS) is 15.6. The molecule has 2 aliphatic heterocycles. The summed E-state index contributed by atoms with van der Waals surface area (Å²) in [4.78, 5) is 27.6. The van der Waals surface area contributed by atoms with Crippen LogP contribution >= 0.6 is 44.1 Å². The van der Waals surface area contributed by atoms with Crippen LogP contribution in [0.25, 0.3) is 6.08 Å². The lowest BCUT2D eigenvalue weighted by Crippen LogP contribution is -2.52. The van der Waals surface area contributed by atoms with Crippen LogP contribution in [0.3, 0.4) is 0 Å². The van der Waals surface area contributed by atoms with Crippen molar-refractivity contribution in [3.05, 3.63) is 56.0 Å². The number of benzene rings is 2. The van der Waals surface area contributed by atoms with Crippen molar-refractivity contribution in [1.29, 1.82) is 0 Å². The van der Waals surface area contributed by atoms with Gasteiger partial charge in [-0.25, -0.2) is 0 Å². The number of hydrogen-bond acceptors (Lipinski definition) is 6. The zero-order valence-electron chi connectivity index (χ0n) is 16.5. The fraction of sp³-hybridized carbons (Fsp3) is 0.190. The zero-order chi connectivity index (χ0) is 22.3. The second-order valence-electron chi connectivity index (χ2n) is 6.86. The number of rotatable bonds is 4. The third-order valence-electron chi connectivity index (χ3n) is 4.80. The third kappa shape index (κ3) is 4.19. The quantitative estimate of drug-likeness (QED) is 0.314. The van der Waals surface area contributed by atoms with Crippen LogP contribution in [0.4, 0.5) is 0 Å². The molecule has 2 heterocycles. The molecule has 0 aromatic heterocycles. The largest absolute Gasteiger partial charge is 0.487 e. The molecule has 0 spiro atoms. The molecule has 0 radical (unpaired) electrons. The van der Waals surface area contributed by atoms with Crippen LogP contribution in [0, 0.1) is 0 Å². The van der Waals surface area contributed by atoms with Crippen molar-refractivity contribution in [1.82, 2.24) is 9.80 Å². The first-order valence-electron chi connectivity index (χ1n) is 9.08. The van der Waals surface area contributed by atoms with Gasteiger partial charge in [0.2, 0.25) is 6.79 Å². The Balaban J connectivity index is 1.56. The summed E-state index contributed by atoms with van der Waals surface area (Å²) in [5.41, 5.74) is 1.61. The van der Waals surface area contributed by atoms with Gasteiger partial charge in [-0.1, -0.05) is 6.07 Å². The average molecular weight is 568 g/mol. The van der Waals surface area contributed by atoms with Crippen molar-refractivity contribution in [3.8, 4) is 17.2 Å². The summed E-state index contributed by atoms with van der Waals surface area (Å²) in [6.45, 7) is 0.536. The van der Waals surface area contributed by atoms with Crippen molar-refractivity contribution in [2.75, 3.05) is 20.9 Å². The smallest absolute Gasteiger partial charge is 0.265 e. The van der Waals surface area contributed by atoms with Gasteiger partial charge in [-0.05, 0) is 85.5 Å². The number of ether oxygens (including phenoxy) is 3. The maximum absolute atomic E-state index is 12.5. The lowest BCUT2D eigenvalue weighted by molar-refractivity contribution is -0.132. The molecule has 2 aliphatic rings. The number of carbonyl (C=O) groups is 2. The molecule has 0 unspecified atom stereocenters. The third-order valence-corrected chi connectivity index (χ3v) is 6.52. The molecule has 2 amide bonds. The Morgan fingerprint density at radius 3 is 2.29 bits per heavy atom. The maximum atomic E-state index is 12.5. The van der Waals surface area contributed by atoms with Crippen molar-refractivity contribution < 1.29 is 23.8 Å². The average Bonchev–Trinajstić information content (AvgIpc) is 3.21. The lowest BCUT2D eigenvalue weighted by Gasteiger charge is -2.31. The number of halogens is 2. The van der Waals surface area contributed by atoms with E-state index in [0.29, 0.717) is 38.4 Å². The number of amides is 2. The van der Waals surface area contributed by atoms with E-state index in [1.165, 1.54) is 15.9 Å². The van der Waals surface area contributed by atoms with Gasteiger partial charge in [0.25, 0.3) is 11.8 Å². The van der Waals surface area contributed by atoms with Gasteiger partial charge in [-0.15, -0.1) is 0 Å². The molecule has 0 aliphatic carbocycles. The second kappa shape index (κ2) is 8.60. The predicted octanol–water partition coefficient (Wildman–Crippen LogP) is 4.12. The van der Waals surface area contributed by atoms with Gasteiger partial charge in [0.05, 0.1) is 8.95 Å². The van der Waals surface area contributed by atoms with Gasteiger partial charge >= 0.3 is 0 Å². The minimum atomic E-state index is -0.441. The number of nitrogens with zero attached hydrogens (tertiary/aromatic N) is 2. The van der Waals surface area contributed by atoms with Crippen LogP contribution in [-0.4, -0.2) is 47.6 Å². The van der Waals surface area contributed by atoms with E-state index in [-0.39, 0.29) is 17.5 Å². The van der Waals surface area contributed by atoms with E-state index < -0.39 is 11.8 Å². The van der Waals surface area contributed by atoms with E-state index in [0.717, 1.165) is 5.56 Å². The highest BCUT2D eigenvalue weighted by Crippen LogP contribution is 2.37. The molecule has 0 saturated carbocycles. The molecule has 7 nitrogen and oxygen atoms in total. The molecule has 1 saturated heterocycles. The van der Waals surface area contributed by atoms with Crippen LogP contribution in [0.1, 0.15) is 11.1 Å². The molecular weight excluding hydrogens is 552 g/mol. The summed E-state index contributed by atoms with van der Waals surface area (Å²) in [6, 6.07) is 9.19. The molecule has 0 N–H and O–H groups in total. The summed E-state index contributed by atoms with van der Waals surface area (Å²) < 4.78 is 18.0. The SMILES string of the molecule is CN1C(=O)C(=Cc2cc(Br)c(OCc3ccc4c(c3)OCO4)c(Br)c2)C(=O)N(C)C1=S. The van der Waals surface area contributed by atoms with Crippen LogP contribution < -0.4 is 14.2 Å². The topological polar surface area (TPSA) is 68.3 Å². The summed E-state index contributed by atoms with van der Waals surface area (Å²) in [6.07, 6.45) is 1.54. The van der Waals surface area contributed by atoms with E-state index in [2.05, 4.69) is 31.9 Å². The lowest BCUT2D eigenvalue weighted by atomic mass is 10.1. The summed E-state index contributed by atoms with van der Waals surface area (Å²) in [5, 5.41) is 0.168. The van der Waals surface area contributed by atoms with Gasteiger partial charge in [-0.3, -0.25) is 19.4 Å². The highest BCUT2D eigenvalue weighted by atomic mass is 79.9. The molecule has 4 rings (SSSR count). The Labute approximate surface area is 200 Å². The Morgan fingerprint density at radius 2 is 1.65 bits per heavy atom. The molecule has 2 aromatic carbocycles. The van der Waals surface area contributed by atoms with Crippen molar-refractivity contribution >= 4 is 67.1 Å². The molecule has 0 atom stereocenters. The molecule has 0 bridgehead atoms. The standard InChI is InChI=1S/C21H16Br2N2O5S/c1-24-19(26)13(20(27)25(2)21(24)31)5-12-6-14(22)18(15(23)7-12)28-9-11-3-4-16-17(8-11)30-10-29-16/h3-8H,9-10H2,1-2H3. The van der Waals surface area contributed by atoms with Gasteiger partial charge in [-0.2, -0.15) is 0 Å². The van der Waals surface area contributed by atoms with E-state index in [9.17, 15) is 9.59 Å². The fourth-order valence-corrected chi connectivity index (χ4v) is 4.75. The molecule has 10 heteroatoms. The number of hydrogen-bond donors (Lipinski definition) is 0. The van der Waals surface area contributed by atoms with Crippen LogP contribution in [0.15, 0.2) is 44.9 Å². The first-order valence-corrected chi connectivity index (χ1v) is 11.1. The summed E-state index contributed by atoms with van der Waals surface area (Å²) in [7, 11) is 3.08. The first-order chi connectivity index (χ1) is 14.8. The van der Waals surface area contributed by atoms with Crippen LogP contribution in [0.5, 0.6) is 17.2 Å². The Bertz CT molecular complexity index is 1100.